The maximum Gasteiger partial charge on any atom is 0.225 e. The van der Waals surface area contributed by atoms with Crippen LogP contribution >= 0.6 is 0 Å². The van der Waals surface area contributed by atoms with Gasteiger partial charge < -0.3 is 0 Å². The molecule has 0 aromatic rings. The third-order valence-corrected chi connectivity index (χ3v) is 2.91. The van der Waals surface area contributed by atoms with Gasteiger partial charge in [0.1, 0.15) is 5.37 Å². The van der Waals surface area contributed by atoms with Gasteiger partial charge in [0.05, 0.1) is 0 Å². The molecular weight excluding hydrogens is 152 g/mol. The molecule has 0 aliphatic carbocycles. The molecule has 0 aromatic heterocycles. The van der Waals surface area contributed by atoms with Gasteiger partial charge in [-0.2, -0.15) is 0 Å². The van der Waals surface area contributed by atoms with Gasteiger partial charge in [-0.3, -0.25) is 4.90 Å². The molecule has 1 unspecified atom stereocenters. The largest absolute Gasteiger partial charge is 0.290 e. The van der Waals surface area contributed by atoms with Crippen LogP contribution in [0, 0.1) is 0 Å². The molecule has 0 heterocycles. The molecule has 62 valence electrons. The summed E-state index contributed by atoms with van der Waals surface area (Å²) in [4.78, 5) is 1.66. The summed E-state index contributed by atoms with van der Waals surface area (Å²) in [6.07, 6.45) is 0. The van der Waals surface area contributed by atoms with Crippen molar-refractivity contribution < 1.29 is 8.42 Å². The van der Waals surface area contributed by atoms with Crippen molar-refractivity contribution in [1.82, 2.24) is 4.90 Å². The zero-order valence-electron chi connectivity index (χ0n) is 6.53. The Bertz CT molecular complexity index is 188. The van der Waals surface area contributed by atoms with Crippen LogP contribution in [0.15, 0.2) is 0 Å². The van der Waals surface area contributed by atoms with Gasteiger partial charge >= 0.3 is 0 Å². The highest BCUT2D eigenvalue weighted by Gasteiger charge is 2.18. The Balaban J connectivity index is 4.23. The number of nitrogens with two attached hydrogens (primary N) is 1. The molecule has 0 aliphatic rings. The molecule has 0 rings (SSSR count). The molecule has 4 nitrogen and oxygen atoms in total. The molecule has 0 fully saturated rings. The number of nitrogens with zero attached hydrogens (tertiary/aromatic N) is 1. The predicted molar refractivity (Wildman–Crippen MR) is 40.9 cm³/mol. The van der Waals surface area contributed by atoms with E-state index < -0.39 is 15.4 Å². The summed E-state index contributed by atoms with van der Waals surface area (Å²) in [5.74, 6) is 0. The molecular formula is C5H14N2O2S. The van der Waals surface area contributed by atoms with Crippen LogP contribution in [0.25, 0.3) is 0 Å². The second-order valence-electron chi connectivity index (χ2n) is 2.26. The molecule has 10 heavy (non-hydrogen) atoms. The minimum Gasteiger partial charge on any atom is -0.290 e. The minimum absolute atomic E-state index is 0.586. The molecule has 0 radical (unpaired) electrons. The van der Waals surface area contributed by atoms with Crippen molar-refractivity contribution in [3.8, 4) is 0 Å². The van der Waals surface area contributed by atoms with E-state index in [9.17, 15) is 8.42 Å². The summed E-state index contributed by atoms with van der Waals surface area (Å²) in [6, 6.07) is 0. The van der Waals surface area contributed by atoms with Crippen LogP contribution in [0.5, 0.6) is 0 Å². The van der Waals surface area contributed by atoms with Crippen LogP contribution in [-0.4, -0.2) is 32.3 Å². The van der Waals surface area contributed by atoms with Crippen molar-refractivity contribution in [2.24, 2.45) is 5.14 Å². The van der Waals surface area contributed by atoms with Gasteiger partial charge in [0.25, 0.3) is 0 Å². The summed E-state index contributed by atoms with van der Waals surface area (Å²) in [7, 11) is -1.67. The highest BCUT2D eigenvalue weighted by molar-refractivity contribution is 7.89. The fourth-order valence-electron chi connectivity index (χ4n) is 0.508. The van der Waals surface area contributed by atoms with E-state index in [4.69, 9.17) is 5.14 Å². The van der Waals surface area contributed by atoms with Crippen molar-refractivity contribution in [3.05, 3.63) is 0 Å². The highest BCUT2D eigenvalue weighted by atomic mass is 32.2. The van der Waals surface area contributed by atoms with E-state index >= 15 is 0 Å². The van der Waals surface area contributed by atoms with Crippen LogP contribution in [-0.2, 0) is 10.0 Å². The van der Waals surface area contributed by atoms with Gasteiger partial charge in [-0.25, -0.2) is 13.6 Å². The molecule has 0 amide bonds. The molecule has 1 atom stereocenters. The summed E-state index contributed by atoms with van der Waals surface area (Å²) in [5.41, 5.74) is 0. The molecule has 0 aliphatic heterocycles. The lowest BCUT2D eigenvalue weighted by Gasteiger charge is -2.20. The van der Waals surface area contributed by atoms with Gasteiger partial charge in [-0.1, -0.05) is 6.92 Å². The lowest BCUT2D eigenvalue weighted by atomic mass is 10.6. The van der Waals surface area contributed by atoms with Crippen molar-refractivity contribution >= 4 is 10.0 Å². The average molecular weight is 166 g/mol. The topological polar surface area (TPSA) is 63.4 Å². The molecule has 0 aromatic carbocycles. The van der Waals surface area contributed by atoms with E-state index in [2.05, 4.69) is 0 Å². The number of hydrogen-bond donors (Lipinski definition) is 1. The van der Waals surface area contributed by atoms with Gasteiger partial charge in [-0.05, 0) is 20.5 Å². The van der Waals surface area contributed by atoms with E-state index in [1.54, 1.807) is 18.9 Å². The standard InChI is InChI=1S/C5H14N2O2S/c1-4-7(3)5(2)10(6,8)9/h5H,4H2,1-3H3,(H2,6,8,9). The molecule has 5 heteroatoms. The molecule has 0 spiro atoms. The molecule has 0 bridgehead atoms. The van der Waals surface area contributed by atoms with Crippen molar-refractivity contribution in [3.63, 3.8) is 0 Å². The van der Waals surface area contributed by atoms with E-state index in [-0.39, 0.29) is 0 Å². The van der Waals surface area contributed by atoms with Crippen molar-refractivity contribution in [2.75, 3.05) is 13.6 Å². The van der Waals surface area contributed by atoms with Gasteiger partial charge in [0.2, 0.25) is 10.0 Å². The van der Waals surface area contributed by atoms with Crippen LogP contribution in [0.3, 0.4) is 0 Å². The van der Waals surface area contributed by atoms with E-state index in [1.807, 2.05) is 6.92 Å². The fourth-order valence-corrected chi connectivity index (χ4v) is 1.16. The summed E-state index contributed by atoms with van der Waals surface area (Å²) in [5, 5.41) is 4.30. The number of primary sulfonamides is 1. The predicted octanol–water partition coefficient (Wildman–Crippen LogP) is -0.427. The third kappa shape index (κ3) is 2.64. The zero-order chi connectivity index (χ0) is 8.36. The SMILES string of the molecule is CCN(C)C(C)S(N)(=O)=O. The first-order chi connectivity index (χ1) is 4.39. The Morgan fingerprint density at radius 2 is 2.00 bits per heavy atom. The quantitative estimate of drug-likeness (QED) is 0.619. The van der Waals surface area contributed by atoms with Crippen molar-refractivity contribution in [1.29, 1.82) is 0 Å². The van der Waals surface area contributed by atoms with Crippen LogP contribution in [0.2, 0.25) is 0 Å². The van der Waals surface area contributed by atoms with Crippen LogP contribution in [0.4, 0.5) is 0 Å². The summed E-state index contributed by atoms with van der Waals surface area (Å²) in [6.45, 7) is 4.12. The Labute approximate surface area is 62.1 Å². The number of rotatable bonds is 3. The van der Waals surface area contributed by atoms with E-state index in [0.717, 1.165) is 0 Å². The second kappa shape index (κ2) is 3.32. The second-order valence-corrected chi connectivity index (χ2v) is 4.12. The summed E-state index contributed by atoms with van der Waals surface area (Å²) >= 11 is 0. The zero-order valence-corrected chi connectivity index (χ0v) is 7.35. The Morgan fingerprint density at radius 1 is 1.60 bits per heavy atom. The highest BCUT2D eigenvalue weighted by Crippen LogP contribution is 1.98. The molecule has 0 saturated carbocycles. The number of hydrogen-bond acceptors (Lipinski definition) is 3. The van der Waals surface area contributed by atoms with Crippen LogP contribution in [0.1, 0.15) is 13.8 Å². The van der Waals surface area contributed by atoms with E-state index in [0.29, 0.717) is 6.54 Å². The van der Waals surface area contributed by atoms with Gasteiger partial charge in [0.15, 0.2) is 0 Å². The first kappa shape index (κ1) is 9.87. The third-order valence-electron chi connectivity index (χ3n) is 1.59. The summed E-state index contributed by atoms with van der Waals surface area (Å²) < 4.78 is 21.3. The number of sulfonamides is 1. The molecule has 0 saturated heterocycles. The normalized spacial score (nSPS) is 15.7. The first-order valence-electron chi connectivity index (χ1n) is 3.11. The van der Waals surface area contributed by atoms with Gasteiger partial charge in [-0.15, -0.1) is 0 Å². The Morgan fingerprint density at radius 3 is 2.10 bits per heavy atom. The minimum atomic E-state index is -3.39. The fraction of sp³-hybridized carbons (Fsp3) is 1.00. The molecule has 2 N–H and O–H groups in total. The first-order valence-corrected chi connectivity index (χ1v) is 4.72. The van der Waals surface area contributed by atoms with Crippen LogP contribution < -0.4 is 5.14 Å². The Hall–Kier alpha value is -0.130. The maximum atomic E-state index is 10.7. The lowest BCUT2D eigenvalue weighted by Crippen LogP contribution is -2.39. The van der Waals surface area contributed by atoms with Crippen molar-refractivity contribution in [2.45, 2.75) is 19.2 Å². The van der Waals surface area contributed by atoms with E-state index in [1.165, 1.54) is 0 Å². The lowest BCUT2D eigenvalue weighted by molar-refractivity contribution is 0.332. The smallest absolute Gasteiger partial charge is 0.225 e. The monoisotopic (exact) mass is 166 g/mol. The maximum absolute atomic E-state index is 10.7. The Kier molecular flexibility index (Phi) is 3.27. The average Bonchev–Trinajstić information content (AvgIpc) is 1.83. The van der Waals surface area contributed by atoms with Gasteiger partial charge in [0, 0.05) is 0 Å².